The summed E-state index contributed by atoms with van der Waals surface area (Å²) in [6.45, 7) is 8.60. The molecule has 0 radical (unpaired) electrons. The summed E-state index contributed by atoms with van der Waals surface area (Å²) in [7, 11) is 0. The Hall–Kier alpha value is -1.43. The molecule has 6 nitrogen and oxygen atoms in total. The van der Waals surface area contributed by atoms with E-state index in [0.717, 1.165) is 31.2 Å². The van der Waals surface area contributed by atoms with Gasteiger partial charge in [0.25, 0.3) is 0 Å². The van der Waals surface area contributed by atoms with E-state index < -0.39 is 0 Å². The van der Waals surface area contributed by atoms with Crippen molar-refractivity contribution < 1.29 is 9.53 Å². The predicted molar refractivity (Wildman–Crippen MR) is 68.5 cm³/mol. The third-order valence-corrected chi connectivity index (χ3v) is 3.91. The molecule has 0 aromatic carbocycles. The van der Waals surface area contributed by atoms with E-state index in [9.17, 15) is 4.79 Å². The molecule has 1 fully saturated rings. The Kier molecular flexibility index (Phi) is 3.05. The Morgan fingerprint density at radius 3 is 2.74 bits per heavy atom. The normalized spacial score (nSPS) is 27.7. The van der Waals surface area contributed by atoms with Crippen LogP contribution in [-0.2, 0) is 22.6 Å². The largest absolute Gasteiger partial charge is 0.461 e. The molecule has 0 aliphatic carbocycles. The fourth-order valence-corrected chi connectivity index (χ4v) is 2.93. The summed E-state index contributed by atoms with van der Waals surface area (Å²) >= 11 is 0. The van der Waals surface area contributed by atoms with Crippen LogP contribution in [0.4, 0.5) is 0 Å². The lowest BCUT2D eigenvalue weighted by molar-refractivity contribution is -0.145. The lowest BCUT2D eigenvalue weighted by Crippen LogP contribution is -2.43. The molecular formula is C13H20N4O2. The fourth-order valence-electron chi connectivity index (χ4n) is 2.93. The van der Waals surface area contributed by atoms with Crippen LogP contribution in [0.25, 0.3) is 0 Å². The van der Waals surface area contributed by atoms with Crippen molar-refractivity contribution in [1.82, 2.24) is 19.7 Å². The summed E-state index contributed by atoms with van der Waals surface area (Å²) < 4.78 is 7.42. The molecule has 0 spiro atoms. The molecule has 2 aliphatic heterocycles. The molecule has 0 unspecified atom stereocenters. The van der Waals surface area contributed by atoms with Crippen LogP contribution >= 0.6 is 0 Å². The first-order valence-electron chi connectivity index (χ1n) is 6.92. The first kappa shape index (κ1) is 12.6. The summed E-state index contributed by atoms with van der Waals surface area (Å²) in [4.78, 5) is 14.0. The van der Waals surface area contributed by atoms with Gasteiger partial charge in [-0.05, 0) is 6.92 Å². The van der Waals surface area contributed by atoms with Gasteiger partial charge in [0.2, 0.25) is 0 Å². The number of carbonyl (C=O) groups is 1. The second-order valence-electron chi connectivity index (χ2n) is 5.75. The molecule has 1 saturated heterocycles. The molecule has 104 valence electrons. The van der Waals surface area contributed by atoms with Crippen molar-refractivity contribution in [1.29, 1.82) is 0 Å². The molecule has 0 N–H and O–H groups in total. The van der Waals surface area contributed by atoms with E-state index in [1.54, 1.807) is 0 Å². The summed E-state index contributed by atoms with van der Waals surface area (Å²) in [6.07, 6.45) is 0.813. The molecule has 2 aliphatic rings. The van der Waals surface area contributed by atoms with Crippen molar-refractivity contribution in [3.8, 4) is 0 Å². The first-order valence-corrected chi connectivity index (χ1v) is 6.92. The van der Waals surface area contributed by atoms with E-state index >= 15 is 0 Å². The Morgan fingerprint density at radius 1 is 1.32 bits per heavy atom. The van der Waals surface area contributed by atoms with Crippen molar-refractivity contribution in [2.45, 2.75) is 58.3 Å². The van der Waals surface area contributed by atoms with Crippen LogP contribution in [0.5, 0.6) is 0 Å². The number of carbonyl (C=O) groups excluding carboxylic acids is 1. The Balaban J connectivity index is 1.78. The van der Waals surface area contributed by atoms with E-state index in [-0.39, 0.29) is 18.1 Å². The fraction of sp³-hybridized carbons (Fsp3) is 0.769. The zero-order valence-electron chi connectivity index (χ0n) is 11.7. The van der Waals surface area contributed by atoms with Crippen LogP contribution in [0.2, 0.25) is 0 Å². The molecule has 0 amide bonds. The molecule has 0 bridgehead atoms. The first-order chi connectivity index (χ1) is 9.06. The van der Waals surface area contributed by atoms with Crippen LogP contribution < -0.4 is 0 Å². The van der Waals surface area contributed by atoms with Gasteiger partial charge in [0.1, 0.15) is 23.8 Å². The average Bonchev–Trinajstić information content (AvgIpc) is 2.91. The third-order valence-electron chi connectivity index (χ3n) is 3.91. The van der Waals surface area contributed by atoms with Crippen molar-refractivity contribution in [3.63, 3.8) is 0 Å². The number of esters is 1. The van der Waals surface area contributed by atoms with Gasteiger partial charge in [-0.3, -0.25) is 9.69 Å². The van der Waals surface area contributed by atoms with Gasteiger partial charge in [0, 0.05) is 25.4 Å². The maximum atomic E-state index is 11.8. The summed E-state index contributed by atoms with van der Waals surface area (Å²) in [6, 6.07) is -0.108. The highest BCUT2D eigenvalue weighted by molar-refractivity contribution is 5.78. The molecule has 0 saturated carbocycles. The topological polar surface area (TPSA) is 60.3 Å². The van der Waals surface area contributed by atoms with Gasteiger partial charge < -0.3 is 9.30 Å². The number of hydrogen-bond acceptors (Lipinski definition) is 5. The minimum absolute atomic E-state index is 0.0310. The van der Waals surface area contributed by atoms with Gasteiger partial charge in [-0.1, -0.05) is 13.8 Å². The molecule has 2 atom stereocenters. The van der Waals surface area contributed by atoms with E-state index in [2.05, 4.69) is 33.5 Å². The Labute approximate surface area is 112 Å². The molecule has 19 heavy (non-hydrogen) atoms. The van der Waals surface area contributed by atoms with E-state index in [1.165, 1.54) is 0 Å². The van der Waals surface area contributed by atoms with Gasteiger partial charge in [-0.2, -0.15) is 0 Å². The van der Waals surface area contributed by atoms with Crippen LogP contribution in [-0.4, -0.2) is 44.3 Å². The molecule has 6 heteroatoms. The summed E-state index contributed by atoms with van der Waals surface area (Å²) in [5.74, 6) is 2.29. The van der Waals surface area contributed by atoms with Gasteiger partial charge >= 0.3 is 5.97 Å². The minimum atomic E-state index is -0.108. The number of fused-ring (bicyclic) bond motifs is 1. The zero-order valence-corrected chi connectivity index (χ0v) is 11.7. The third kappa shape index (κ3) is 2.14. The van der Waals surface area contributed by atoms with E-state index in [0.29, 0.717) is 12.5 Å². The maximum Gasteiger partial charge on any atom is 0.323 e. The van der Waals surface area contributed by atoms with Crippen molar-refractivity contribution >= 4 is 5.97 Å². The number of nitrogens with zero attached hydrogens (tertiary/aromatic N) is 4. The average molecular weight is 264 g/mol. The Bertz CT molecular complexity index is 497. The van der Waals surface area contributed by atoms with E-state index in [1.807, 2.05) is 6.92 Å². The minimum Gasteiger partial charge on any atom is -0.461 e. The second kappa shape index (κ2) is 4.59. The van der Waals surface area contributed by atoms with Crippen molar-refractivity contribution in [3.05, 3.63) is 11.6 Å². The monoisotopic (exact) mass is 264 g/mol. The number of cyclic esters (lactones) is 1. The lowest BCUT2D eigenvalue weighted by Gasteiger charge is -2.30. The van der Waals surface area contributed by atoms with Gasteiger partial charge in [0.15, 0.2) is 0 Å². The van der Waals surface area contributed by atoms with Gasteiger partial charge in [-0.25, -0.2) is 0 Å². The van der Waals surface area contributed by atoms with Crippen LogP contribution in [0, 0.1) is 0 Å². The van der Waals surface area contributed by atoms with Crippen LogP contribution in [0.15, 0.2) is 0 Å². The standard InChI is InChI=1S/C13H20N4O2/c1-8(2)12-15-14-11-7-16(4-5-17(11)12)10-6-9(3)19-13(10)18/h8-10H,4-7H2,1-3H3/t9-,10-/m1/s1. The van der Waals surface area contributed by atoms with Crippen molar-refractivity contribution in [2.24, 2.45) is 0 Å². The number of hydrogen-bond donors (Lipinski definition) is 0. The Morgan fingerprint density at radius 2 is 2.11 bits per heavy atom. The van der Waals surface area contributed by atoms with Crippen molar-refractivity contribution in [2.75, 3.05) is 6.54 Å². The number of ether oxygens (including phenoxy) is 1. The second-order valence-corrected chi connectivity index (χ2v) is 5.75. The SMILES string of the molecule is CC(C)c1nnc2n1CCN([C@@H]1C[C@@H](C)OC1=O)C2. The highest BCUT2D eigenvalue weighted by Crippen LogP contribution is 2.25. The predicted octanol–water partition coefficient (Wildman–Crippen LogP) is 0.921. The van der Waals surface area contributed by atoms with Crippen LogP contribution in [0.3, 0.4) is 0 Å². The van der Waals surface area contributed by atoms with E-state index in [4.69, 9.17) is 4.74 Å². The number of rotatable bonds is 2. The molecule has 1 aromatic heterocycles. The number of aromatic nitrogens is 3. The zero-order chi connectivity index (χ0) is 13.6. The van der Waals surface area contributed by atoms with Crippen LogP contribution in [0.1, 0.15) is 44.8 Å². The summed E-state index contributed by atoms with van der Waals surface area (Å²) in [5.41, 5.74) is 0. The molecule has 3 heterocycles. The van der Waals surface area contributed by atoms with Gasteiger partial charge in [0.05, 0.1) is 6.54 Å². The molecular weight excluding hydrogens is 244 g/mol. The lowest BCUT2D eigenvalue weighted by atomic mass is 10.1. The van der Waals surface area contributed by atoms with Gasteiger partial charge in [-0.15, -0.1) is 10.2 Å². The summed E-state index contributed by atoms with van der Waals surface area (Å²) in [5, 5.41) is 8.53. The smallest absolute Gasteiger partial charge is 0.323 e. The quantitative estimate of drug-likeness (QED) is 0.743. The highest BCUT2D eigenvalue weighted by atomic mass is 16.6. The highest BCUT2D eigenvalue weighted by Gasteiger charge is 2.38. The molecule has 1 aromatic rings. The maximum absolute atomic E-state index is 11.8. The molecule has 3 rings (SSSR count).